The molecule has 11 heteroatoms. The van der Waals surface area contributed by atoms with E-state index in [9.17, 15) is 4.79 Å². The number of carbonyl (C=O) groups is 1. The van der Waals surface area contributed by atoms with Crippen LogP contribution in [-0.4, -0.2) is 66.9 Å². The van der Waals surface area contributed by atoms with Crippen molar-refractivity contribution in [3.8, 4) is 22.8 Å². The summed E-state index contributed by atoms with van der Waals surface area (Å²) in [6.07, 6.45) is 5.39. The Morgan fingerprint density at radius 1 is 1.19 bits per heavy atom. The van der Waals surface area contributed by atoms with Gasteiger partial charge >= 0.3 is 0 Å². The first-order valence-electron chi connectivity index (χ1n) is 12.1. The number of methoxy groups -OCH3 is 2. The molecule has 1 amide bonds. The molecule has 0 unspecified atom stereocenters. The average molecular weight is 525 g/mol. The minimum absolute atomic E-state index is 0.181. The highest BCUT2D eigenvalue weighted by Gasteiger charge is 2.30. The number of benzene rings is 1. The Morgan fingerprint density at radius 2 is 2.00 bits per heavy atom. The number of nitrogens with zero attached hydrogens (tertiary/aromatic N) is 3. The van der Waals surface area contributed by atoms with Gasteiger partial charge in [0.1, 0.15) is 17.0 Å². The summed E-state index contributed by atoms with van der Waals surface area (Å²) in [6, 6.07) is 5.06. The second-order valence-electron chi connectivity index (χ2n) is 9.11. The maximum Gasteiger partial charge on any atom is 0.243 e. The fraction of sp³-hybridized carbons (Fsp3) is 0.385. The summed E-state index contributed by atoms with van der Waals surface area (Å²) < 4.78 is 16.4. The molecule has 1 aliphatic carbocycles. The first-order valence-corrected chi connectivity index (χ1v) is 12.5. The summed E-state index contributed by atoms with van der Waals surface area (Å²) in [7, 11) is 3.15. The van der Waals surface area contributed by atoms with E-state index in [1.807, 2.05) is 12.1 Å². The van der Waals surface area contributed by atoms with Gasteiger partial charge in [-0.1, -0.05) is 18.2 Å². The van der Waals surface area contributed by atoms with Crippen LogP contribution in [0.4, 0.5) is 11.8 Å². The minimum atomic E-state index is -0.252. The third kappa shape index (κ3) is 5.55. The number of hydrogen-bond donors (Lipinski definition) is 3. The Kier molecular flexibility index (Phi) is 7.29. The van der Waals surface area contributed by atoms with E-state index in [1.165, 1.54) is 18.9 Å². The maximum atomic E-state index is 11.8. The van der Waals surface area contributed by atoms with Crippen molar-refractivity contribution >= 4 is 40.2 Å². The van der Waals surface area contributed by atoms with Crippen LogP contribution < -0.4 is 25.4 Å². The molecule has 2 fully saturated rings. The number of anilines is 2. The third-order valence-electron chi connectivity index (χ3n) is 6.47. The zero-order valence-corrected chi connectivity index (χ0v) is 21.5. The number of rotatable bonds is 10. The van der Waals surface area contributed by atoms with Crippen molar-refractivity contribution in [2.24, 2.45) is 5.92 Å². The summed E-state index contributed by atoms with van der Waals surface area (Å²) in [5, 5.41) is 10.9. The molecular weight excluding hydrogens is 496 g/mol. The van der Waals surface area contributed by atoms with Gasteiger partial charge in [0.15, 0.2) is 5.82 Å². The van der Waals surface area contributed by atoms with Crippen LogP contribution in [-0.2, 0) is 9.53 Å². The molecule has 0 radical (unpaired) electrons. The first kappa shape index (κ1) is 25.0. The fourth-order valence-corrected chi connectivity index (χ4v) is 4.49. The van der Waals surface area contributed by atoms with Gasteiger partial charge in [0.05, 0.1) is 50.2 Å². The molecule has 3 N–H and O–H groups in total. The van der Waals surface area contributed by atoms with Gasteiger partial charge in [-0.05, 0) is 37.0 Å². The minimum Gasteiger partial charge on any atom is -0.497 e. The predicted octanol–water partition coefficient (Wildman–Crippen LogP) is 3.67. The van der Waals surface area contributed by atoms with Gasteiger partial charge in [0, 0.05) is 29.8 Å². The third-order valence-corrected chi connectivity index (χ3v) is 6.86. The van der Waals surface area contributed by atoms with Crippen molar-refractivity contribution in [3.05, 3.63) is 42.1 Å². The van der Waals surface area contributed by atoms with Crippen molar-refractivity contribution in [1.82, 2.24) is 20.3 Å². The normalized spacial score (nSPS) is 18.9. The SMILES string of the molecule is C=CC(=O)N[C@H]1COC[C@H]1Nc1ncc2cc(-c3cc(OC)cc(OC)c3Cl)nc(NCC3CC3)c2n1. The summed E-state index contributed by atoms with van der Waals surface area (Å²) in [5.41, 5.74) is 2.01. The Bertz CT molecular complexity index is 1330. The van der Waals surface area contributed by atoms with Crippen LogP contribution >= 0.6 is 11.6 Å². The topological polar surface area (TPSA) is 120 Å². The van der Waals surface area contributed by atoms with Crippen LogP contribution in [0.1, 0.15) is 12.8 Å². The second-order valence-corrected chi connectivity index (χ2v) is 9.49. The zero-order chi connectivity index (χ0) is 25.9. The standard InChI is InChI=1S/C26H29ClN6O4/c1-4-22(34)30-19-12-37-13-20(19)32-26-29-11-15-7-18(17-8-16(35-2)9-21(36-3)23(17)27)31-25(24(15)33-26)28-10-14-5-6-14/h4,7-9,11,14,19-20H,1,5-6,10,12-13H2,2-3H3,(H,28,31)(H,30,34)(H,29,32,33)/t19-,20+/m0/s1. The number of hydrogen-bond acceptors (Lipinski definition) is 9. The van der Waals surface area contributed by atoms with Crippen LogP contribution in [0.2, 0.25) is 5.02 Å². The number of aromatic nitrogens is 3. The maximum absolute atomic E-state index is 11.8. The molecule has 2 atom stereocenters. The molecule has 3 aromatic rings. The van der Waals surface area contributed by atoms with Crippen molar-refractivity contribution in [2.75, 3.05) is 44.6 Å². The van der Waals surface area contributed by atoms with Crippen LogP contribution in [0, 0.1) is 5.92 Å². The fourth-order valence-electron chi connectivity index (χ4n) is 4.20. The lowest BCUT2D eigenvalue weighted by molar-refractivity contribution is -0.117. The molecule has 0 bridgehead atoms. The highest BCUT2D eigenvalue weighted by atomic mass is 35.5. The molecule has 2 aromatic heterocycles. The van der Waals surface area contributed by atoms with Crippen molar-refractivity contribution in [1.29, 1.82) is 0 Å². The Morgan fingerprint density at radius 3 is 2.73 bits per heavy atom. The van der Waals surface area contributed by atoms with Gasteiger partial charge in [-0.25, -0.2) is 15.0 Å². The van der Waals surface area contributed by atoms with Crippen LogP contribution in [0.5, 0.6) is 11.5 Å². The summed E-state index contributed by atoms with van der Waals surface area (Å²) >= 11 is 6.66. The van der Waals surface area contributed by atoms with Crippen molar-refractivity contribution in [3.63, 3.8) is 0 Å². The van der Waals surface area contributed by atoms with Gasteiger partial charge in [-0.3, -0.25) is 4.79 Å². The van der Waals surface area contributed by atoms with E-state index < -0.39 is 0 Å². The molecule has 194 valence electrons. The van der Waals surface area contributed by atoms with Gasteiger partial charge in [0.25, 0.3) is 0 Å². The first-order chi connectivity index (χ1) is 18.0. The molecule has 37 heavy (non-hydrogen) atoms. The molecular formula is C26H29ClN6O4. The Balaban J connectivity index is 1.51. The Hall–Kier alpha value is -3.63. The molecule has 1 aliphatic heterocycles. The van der Waals surface area contributed by atoms with Gasteiger partial charge in [-0.2, -0.15) is 0 Å². The van der Waals surface area contributed by atoms with Crippen molar-refractivity contribution < 1.29 is 19.0 Å². The number of pyridine rings is 1. The number of fused-ring (bicyclic) bond motifs is 1. The zero-order valence-electron chi connectivity index (χ0n) is 20.7. The largest absolute Gasteiger partial charge is 0.497 e. The Labute approximate surface area is 219 Å². The van der Waals surface area contributed by atoms with Crippen molar-refractivity contribution in [2.45, 2.75) is 24.9 Å². The van der Waals surface area contributed by atoms with E-state index in [1.54, 1.807) is 26.5 Å². The summed E-state index contributed by atoms with van der Waals surface area (Å²) in [5.74, 6) is 2.55. The van der Waals surface area contributed by atoms with E-state index in [0.717, 1.165) is 11.9 Å². The highest BCUT2D eigenvalue weighted by molar-refractivity contribution is 6.34. The molecule has 1 saturated carbocycles. The predicted molar refractivity (Wildman–Crippen MR) is 142 cm³/mol. The quantitative estimate of drug-likeness (QED) is 0.341. The molecule has 5 rings (SSSR count). The van der Waals surface area contributed by atoms with E-state index in [0.29, 0.717) is 64.2 Å². The molecule has 2 aliphatic rings. The lowest BCUT2D eigenvalue weighted by atomic mass is 10.1. The number of halogens is 1. The van der Waals surface area contributed by atoms with E-state index >= 15 is 0 Å². The smallest absolute Gasteiger partial charge is 0.243 e. The number of amides is 1. The number of nitrogens with one attached hydrogen (secondary N) is 3. The van der Waals surface area contributed by atoms with Crippen LogP contribution in [0.25, 0.3) is 22.2 Å². The lowest BCUT2D eigenvalue weighted by Crippen LogP contribution is -2.45. The van der Waals surface area contributed by atoms with Crippen LogP contribution in [0.15, 0.2) is 37.1 Å². The second kappa shape index (κ2) is 10.8. The van der Waals surface area contributed by atoms with Gasteiger partial charge in [0.2, 0.25) is 11.9 Å². The monoisotopic (exact) mass is 524 g/mol. The van der Waals surface area contributed by atoms with E-state index in [4.69, 9.17) is 35.8 Å². The molecule has 1 aromatic carbocycles. The van der Waals surface area contributed by atoms with Gasteiger partial charge < -0.3 is 30.2 Å². The number of ether oxygens (including phenoxy) is 3. The summed E-state index contributed by atoms with van der Waals surface area (Å²) in [6.45, 7) is 5.13. The lowest BCUT2D eigenvalue weighted by Gasteiger charge is -2.20. The number of carbonyl (C=O) groups excluding carboxylic acids is 1. The van der Waals surface area contributed by atoms with E-state index in [-0.39, 0.29) is 18.0 Å². The molecule has 0 spiro atoms. The molecule has 10 nitrogen and oxygen atoms in total. The van der Waals surface area contributed by atoms with Crippen LogP contribution in [0.3, 0.4) is 0 Å². The average Bonchev–Trinajstić information content (AvgIpc) is 3.66. The highest BCUT2D eigenvalue weighted by Crippen LogP contribution is 2.40. The molecule has 1 saturated heterocycles. The van der Waals surface area contributed by atoms with Gasteiger partial charge in [-0.15, -0.1) is 0 Å². The van der Waals surface area contributed by atoms with E-state index in [2.05, 4.69) is 27.5 Å². The summed E-state index contributed by atoms with van der Waals surface area (Å²) in [4.78, 5) is 26.0. The molecule has 3 heterocycles.